The minimum Gasteiger partial charge on any atom is -0.363 e. The standard InChI is InChI=1S/C23H22F3N3O4/c24-23(25,26)16-8-4-7-15(11-16)13-29-18(9-10-19(29)30)22(33)28-17(20(31)21(27)32)12-14-5-2-1-3-6-14/h1-8,11,17-18H,9-10,12-13H2,(H2,27,32)(H,28,33). The third-order valence-electron chi connectivity index (χ3n) is 5.40. The number of ketones is 1. The van der Waals surface area contributed by atoms with Crippen LogP contribution >= 0.6 is 0 Å². The van der Waals surface area contributed by atoms with Crippen LogP contribution in [0.1, 0.15) is 29.5 Å². The van der Waals surface area contributed by atoms with Gasteiger partial charge >= 0.3 is 6.18 Å². The summed E-state index contributed by atoms with van der Waals surface area (Å²) in [7, 11) is 0. The normalized spacial score (nSPS) is 17.0. The molecule has 7 nitrogen and oxygen atoms in total. The summed E-state index contributed by atoms with van der Waals surface area (Å²) in [5.41, 5.74) is 5.16. The van der Waals surface area contributed by atoms with E-state index in [1.807, 2.05) is 0 Å². The Morgan fingerprint density at radius 2 is 1.73 bits per heavy atom. The number of benzene rings is 2. The number of alkyl halides is 3. The summed E-state index contributed by atoms with van der Waals surface area (Å²) in [6.45, 7) is -0.200. The number of nitrogens with one attached hydrogen (secondary N) is 1. The summed E-state index contributed by atoms with van der Waals surface area (Å²) in [4.78, 5) is 50.3. The highest BCUT2D eigenvalue weighted by Gasteiger charge is 2.38. The Bertz CT molecular complexity index is 1060. The van der Waals surface area contributed by atoms with Crippen LogP contribution in [0.15, 0.2) is 54.6 Å². The van der Waals surface area contributed by atoms with Crippen molar-refractivity contribution in [2.75, 3.05) is 0 Å². The van der Waals surface area contributed by atoms with E-state index in [2.05, 4.69) is 5.32 Å². The summed E-state index contributed by atoms with van der Waals surface area (Å²) in [5, 5.41) is 2.50. The van der Waals surface area contributed by atoms with Crippen LogP contribution in [-0.4, -0.2) is 40.5 Å². The molecule has 10 heteroatoms. The van der Waals surface area contributed by atoms with E-state index in [1.54, 1.807) is 30.3 Å². The van der Waals surface area contributed by atoms with Crippen molar-refractivity contribution in [3.8, 4) is 0 Å². The lowest BCUT2D eigenvalue weighted by Gasteiger charge is -2.26. The van der Waals surface area contributed by atoms with Gasteiger partial charge in [-0.2, -0.15) is 13.2 Å². The molecule has 0 spiro atoms. The van der Waals surface area contributed by atoms with Gasteiger partial charge in [0.1, 0.15) is 12.1 Å². The van der Waals surface area contributed by atoms with Crippen LogP contribution in [0.4, 0.5) is 13.2 Å². The average molecular weight is 461 g/mol. The monoisotopic (exact) mass is 461 g/mol. The molecule has 2 aromatic rings. The first-order valence-electron chi connectivity index (χ1n) is 10.2. The first-order chi connectivity index (χ1) is 15.6. The summed E-state index contributed by atoms with van der Waals surface area (Å²) < 4.78 is 39.0. The molecule has 1 fully saturated rings. The van der Waals surface area contributed by atoms with E-state index in [4.69, 9.17) is 5.73 Å². The molecule has 0 aliphatic carbocycles. The predicted molar refractivity (Wildman–Crippen MR) is 111 cm³/mol. The molecule has 2 aromatic carbocycles. The number of likely N-dealkylation sites (tertiary alicyclic amines) is 1. The Labute approximate surface area is 187 Å². The van der Waals surface area contributed by atoms with Gasteiger partial charge in [0.15, 0.2) is 0 Å². The van der Waals surface area contributed by atoms with Crippen molar-refractivity contribution in [3.05, 3.63) is 71.3 Å². The van der Waals surface area contributed by atoms with Crippen LogP contribution in [0, 0.1) is 0 Å². The maximum absolute atomic E-state index is 13.0. The zero-order chi connectivity index (χ0) is 24.2. The fourth-order valence-corrected chi connectivity index (χ4v) is 3.75. The molecule has 0 aromatic heterocycles. The maximum Gasteiger partial charge on any atom is 0.416 e. The summed E-state index contributed by atoms with van der Waals surface area (Å²) in [6, 6.07) is 10.9. The van der Waals surface area contributed by atoms with Crippen LogP contribution in [-0.2, 0) is 38.3 Å². The van der Waals surface area contributed by atoms with E-state index in [-0.39, 0.29) is 31.4 Å². The van der Waals surface area contributed by atoms with Crippen LogP contribution in [0.3, 0.4) is 0 Å². The van der Waals surface area contributed by atoms with Gasteiger partial charge in [-0.3, -0.25) is 19.2 Å². The minimum atomic E-state index is -4.54. The zero-order valence-corrected chi connectivity index (χ0v) is 17.5. The number of nitrogens with two attached hydrogens (primary N) is 1. The first kappa shape index (κ1) is 24.0. The van der Waals surface area contributed by atoms with Gasteiger partial charge in [-0.25, -0.2) is 0 Å². The fraction of sp³-hybridized carbons (Fsp3) is 0.304. The van der Waals surface area contributed by atoms with Gasteiger partial charge in [-0.05, 0) is 29.7 Å². The Kier molecular flexibility index (Phi) is 7.15. The highest BCUT2D eigenvalue weighted by molar-refractivity contribution is 6.37. The van der Waals surface area contributed by atoms with Gasteiger partial charge in [-0.15, -0.1) is 0 Å². The second-order valence-corrected chi connectivity index (χ2v) is 7.75. The molecular formula is C23H22F3N3O4. The van der Waals surface area contributed by atoms with Gasteiger partial charge in [-0.1, -0.05) is 42.5 Å². The van der Waals surface area contributed by atoms with Gasteiger partial charge in [0, 0.05) is 19.4 Å². The molecule has 1 aliphatic rings. The van der Waals surface area contributed by atoms with Crippen molar-refractivity contribution in [2.24, 2.45) is 5.73 Å². The number of Topliss-reactive ketones (excluding diaryl/α,β-unsaturated/α-hetero) is 1. The van der Waals surface area contributed by atoms with Crippen molar-refractivity contribution in [3.63, 3.8) is 0 Å². The number of rotatable bonds is 8. The molecule has 0 bridgehead atoms. The lowest BCUT2D eigenvalue weighted by Crippen LogP contribution is -2.53. The average Bonchev–Trinajstić information content (AvgIpc) is 3.13. The van der Waals surface area contributed by atoms with E-state index in [9.17, 15) is 32.3 Å². The largest absolute Gasteiger partial charge is 0.416 e. The third-order valence-corrected chi connectivity index (χ3v) is 5.40. The number of carbonyl (C=O) groups excluding carboxylic acids is 4. The highest BCUT2D eigenvalue weighted by Crippen LogP contribution is 2.30. The summed E-state index contributed by atoms with van der Waals surface area (Å²) in [5.74, 6) is -3.27. The Hall–Kier alpha value is -3.69. The van der Waals surface area contributed by atoms with Crippen molar-refractivity contribution >= 4 is 23.5 Å². The van der Waals surface area contributed by atoms with Crippen molar-refractivity contribution in [1.29, 1.82) is 0 Å². The number of nitrogens with zero attached hydrogens (tertiary/aromatic N) is 1. The number of carbonyl (C=O) groups is 4. The van der Waals surface area contributed by atoms with E-state index >= 15 is 0 Å². The van der Waals surface area contributed by atoms with Gasteiger partial charge in [0.25, 0.3) is 5.91 Å². The first-order valence-corrected chi connectivity index (χ1v) is 10.2. The highest BCUT2D eigenvalue weighted by atomic mass is 19.4. The maximum atomic E-state index is 13.0. The minimum absolute atomic E-state index is 0.0165. The quantitative estimate of drug-likeness (QED) is 0.586. The van der Waals surface area contributed by atoms with Gasteiger partial charge in [0.05, 0.1) is 5.56 Å². The van der Waals surface area contributed by atoms with Crippen molar-refractivity contribution in [2.45, 2.75) is 44.1 Å². The number of hydrogen-bond donors (Lipinski definition) is 2. The van der Waals surface area contributed by atoms with E-state index in [0.29, 0.717) is 5.56 Å². The Morgan fingerprint density at radius 1 is 1.06 bits per heavy atom. The van der Waals surface area contributed by atoms with Gasteiger partial charge < -0.3 is 16.0 Å². The molecule has 3 rings (SSSR count). The summed E-state index contributed by atoms with van der Waals surface area (Å²) in [6.07, 6.45) is -4.36. The number of amides is 3. The second kappa shape index (κ2) is 9.85. The molecule has 3 N–H and O–H groups in total. The van der Waals surface area contributed by atoms with Crippen molar-refractivity contribution in [1.82, 2.24) is 10.2 Å². The second-order valence-electron chi connectivity index (χ2n) is 7.75. The van der Waals surface area contributed by atoms with Crippen LogP contribution in [0.5, 0.6) is 0 Å². The fourth-order valence-electron chi connectivity index (χ4n) is 3.75. The number of primary amides is 1. The number of hydrogen-bond acceptors (Lipinski definition) is 4. The molecule has 1 heterocycles. The molecule has 1 saturated heterocycles. The smallest absolute Gasteiger partial charge is 0.363 e. The van der Waals surface area contributed by atoms with Crippen LogP contribution in [0.25, 0.3) is 0 Å². The molecule has 2 unspecified atom stereocenters. The molecule has 33 heavy (non-hydrogen) atoms. The van der Waals surface area contributed by atoms with E-state index in [0.717, 1.165) is 12.1 Å². The van der Waals surface area contributed by atoms with Crippen LogP contribution in [0.2, 0.25) is 0 Å². The van der Waals surface area contributed by atoms with Gasteiger partial charge in [0.2, 0.25) is 17.6 Å². The molecule has 2 atom stereocenters. The van der Waals surface area contributed by atoms with Crippen LogP contribution < -0.4 is 11.1 Å². The molecule has 0 saturated carbocycles. The SMILES string of the molecule is NC(=O)C(=O)C(Cc1ccccc1)NC(=O)C1CCC(=O)N1Cc1cccc(C(F)(F)F)c1. The zero-order valence-electron chi connectivity index (χ0n) is 17.5. The lowest BCUT2D eigenvalue weighted by molar-refractivity contribution is -0.140. The molecular weight excluding hydrogens is 439 g/mol. The third kappa shape index (κ3) is 5.97. The Morgan fingerprint density at radius 3 is 2.36 bits per heavy atom. The summed E-state index contributed by atoms with van der Waals surface area (Å²) >= 11 is 0. The van der Waals surface area contributed by atoms with Crippen molar-refractivity contribution < 1.29 is 32.3 Å². The Balaban J connectivity index is 1.77. The van der Waals surface area contributed by atoms with E-state index < -0.39 is 47.3 Å². The number of halogens is 3. The lowest BCUT2D eigenvalue weighted by atomic mass is 10.0. The predicted octanol–water partition coefficient (Wildman–Crippen LogP) is 1.98. The topological polar surface area (TPSA) is 110 Å². The van der Waals surface area contributed by atoms with E-state index in [1.165, 1.54) is 17.0 Å². The molecule has 1 aliphatic heterocycles. The molecule has 174 valence electrons. The molecule has 0 radical (unpaired) electrons. The molecule has 3 amide bonds.